The van der Waals surface area contributed by atoms with Crippen LogP contribution in [0, 0.1) is 0 Å². The zero-order valence-corrected chi connectivity index (χ0v) is 15.1. The number of hydrogen-bond donors (Lipinski definition) is 0. The molecule has 0 spiro atoms. The third-order valence-corrected chi connectivity index (χ3v) is 4.36. The predicted molar refractivity (Wildman–Crippen MR) is 82.6 cm³/mol. The zero-order chi connectivity index (χ0) is 14.0. The third kappa shape index (κ3) is 5.58. The number of nitrogens with zero attached hydrogens (tertiary/aromatic N) is 1. The quantitative estimate of drug-likeness (QED) is 0.721. The van der Waals surface area contributed by atoms with Crippen molar-refractivity contribution in [3.63, 3.8) is 0 Å². The van der Waals surface area contributed by atoms with Crippen LogP contribution in [0.1, 0.15) is 13.3 Å². The molecule has 0 aromatic carbocycles. The molecule has 0 bridgehead atoms. The van der Waals surface area contributed by atoms with Crippen LogP contribution in [0.2, 0.25) is 39.3 Å². The van der Waals surface area contributed by atoms with Crippen molar-refractivity contribution in [3.8, 4) is 0 Å². The van der Waals surface area contributed by atoms with Crippen LogP contribution in [0.4, 0.5) is 0 Å². The Kier molecular flexibility index (Phi) is 5.08. The van der Waals surface area contributed by atoms with Crippen LogP contribution in [0.5, 0.6) is 0 Å². The second kappa shape index (κ2) is 5.80. The van der Waals surface area contributed by atoms with Crippen molar-refractivity contribution in [1.82, 2.24) is 4.90 Å². The van der Waals surface area contributed by atoms with E-state index in [1.54, 1.807) is 0 Å². The van der Waals surface area contributed by atoms with Gasteiger partial charge in [0, 0.05) is 13.0 Å². The van der Waals surface area contributed by atoms with E-state index in [1.807, 2.05) is 0 Å². The first-order valence-electron chi connectivity index (χ1n) is 6.93. The summed E-state index contributed by atoms with van der Waals surface area (Å²) in [7, 11) is -3.09. The summed E-state index contributed by atoms with van der Waals surface area (Å²) < 4.78 is 12.5. The Morgan fingerprint density at radius 1 is 0.944 bits per heavy atom. The van der Waals surface area contributed by atoms with E-state index in [0.717, 1.165) is 37.6 Å². The molecule has 0 saturated heterocycles. The Labute approximate surface area is 114 Å². The van der Waals surface area contributed by atoms with Crippen molar-refractivity contribution in [2.24, 2.45) is 0 Å². The number of rotatable bonds is 5. The maximum atomic E-state index is 6.24. The van der Waals surface area contributed by atoms with Gasteiger partial charge in [-0.1, -0.05) is 6.92 Å². The summed E-state index contributed by atoms with van der Waals surface area (Å²) >= 11 is 0. The van der Waals surface area contributed by atoms with Gasteiger partial charge in [0.2, 0.25) is 16.6 Å². The van der Waals surface area contributed by atoms with Gasteiger partial charge in [-0.15, -0.1) is 0 Å². The molecule has 1 rings (SSSR count). The summed E-state index contributed by atoms with van der Waals surface area (Å²) in [4.78, 5) is 2.42. The van der Waals surface area contributed by atoms with Crippen LogP contribution in [-0.4, -0.2) is 41.2 Å². The lowest BCUT2D eigenvalue weighted by atomic mass is 10.2. The van der Waals surface area contributed by atoms with Crippen molar-refractivity contribution >= 4 is 16.6 Å². The van der Waals surface area contributed by atoms with Gasteiger partial charge in [-0.3, -0.25) is 4.90 Å². The highest BCUT2D eigenvalue weighted by Gasteiger charge is 2.28. The fraction of sp³-hybridized carbons (Fsp3) is 0.846. The highest BCUT2D eigenvalue weighted by Crippen LogP contribution is 2.26. The Hall–Kier alpha value is -0.266. The van der Waals surface area contributed by atoms with Gasteiger partial charge in [-0.25, -0.2) is 0 Å². The second-order valence-corrected chi connectivity index (χ2v) is 15.8. The normalized spacial score (nSPS) is 19.1. The molecule has 5 heteroatoms. The van der Waals surface area contributed by atoms with E-state index in [4.69, 9.17) is 8.85 Å². The summed E-state index contributed by atoms with van der Waals surface area (Å²) in [6, 6.07) is 0. The molecule has 0 fully saturated rings. The molecule has 0 aromatic heterocycles. The van der Waals surface area contributed by atoms with Gasteiger partial charge >= 0.3 is 0 Å². The van der Waals surface area contributed by atoms with Gasteiger partial charge in [0.15, 0.2) is 0 Å². The summed E-state index contributed by atoms with van der Waals surface area (Å²) in [5.74, 6) is 2.23. The molecule has 1 aliphatic heterocycles. The molecule has 0 atom stereocenters. The summed E-state index contributed by atoms with van der Waals surface area (Å²) in [5.41, 5.74) is 0. The summed E-state index contributed by atoms with van der Waals surface area (Å²) in [6.07, 6.45) is 0.998. The molecule has 0 aromatic rings. The van der Waals surface area contributed by atoms with E-state index in [-0.39, 0.29) is 0 Å². The Morgan fingerprint density at radius 3 is 1.89 bits per heavy atom. The topological polar surface area (TPSA) is 21.7 Å². The van der Waals surface area contributed by atoms with Crippen molar-refractivity contribution < 1.29 is 8.85 Å². The molecule has 1 heterocycles. The second-order valence-electron chi connectivity index (χ2n) is 6.89. The summed E-state index contributed by atoms with van der Waals surface area (Å²) in [5, 5.41) is 0. The zero-order valence-electron chi connectivity index (χ0n) is 13.1. The van der Waals surface area contributed by atoms with E-state index in [2.05, 4.69) is 51.1 Å². The maximum Gasteiger partial charge on any atom is 0.242 e. The van der Waals surface area contributed by atoms with Crippen LogP contribution in [0.15, 0.2) is 11.5 Å². The molecule has 0 amide bonds. The standard InChI is InChI=1S/C13H29NO2Si2/c1-8-14-10-9-12(15-17(2,3)4)13(11-14)16-18(5,6)7/h8-11H2,1-7H3. The highest BCUT2D eigenvalue weighted by atomic mass is 28.4. The van der Waals surface area contributed by atoms with Crippen molar-refractivity contribution in [3.05, 3.63) is 11.5 Å². The van der Waals surface area contributed by atoms with Crippen LogP contribution >= 0.6 is 0 Å². The van der Waals surface area contributed by atoms with Crippen LogP contribution in [-0.2, 0) is 8.85 Å². The van der Waals surface area contributed by atoms with Crippen LogP contribution in [0.3, 0.4) is 0 Å². The van der Waals surface area contributed by atoms with Gasteiger partial charge < -0.3 is 8.85 Å². The van der Waals surface area contributed by atoms with Gasteiger partial charge in [-0.05, 0) is 45.8 Å². The van der Waals surface area contributed by atoms with Gasteiger partial charge in [0.1, 0.15) is 11.5 Å². The van der Waals surface area contributed by atoms with Crippen LogP contribution in [0.25, 0.3) is 0 Å². The molecular weight excluding hydrogens is 258 g/mol. The first-order valence-corrected chi connectivity index (χ1v) is 13.7. The molecule has 1 aliphatic rings. The van der Waals surface area contributed by atoms with Crippen molar-refractivity contribution in [2.45, 2.75) is 52.6 Å². The average molecular weight is 288 g/mol. The molecule has 0 radical (unpaired) electrons. The first-order chi connectivity index (χ1) is 8.11. The predicted octanol–water partition coefficient (Wildman–Crippen LogP) is 3.63. The lowest BCUT2D eigenvalue weighted by molar-refractivity contribution is 0.205. The number of likely N-dealkylation sites (N-methyl/N-ethyl adjacent to an activating group) is 1. The number of hydrogen-bond acceptors (Lipinski definition) is 3. The van der Waals surface area contributed by atoms with Gasteiger partial charge in [-0.2, -0.15) is 0 Å². The Morgan fingerprint density at radius 2 is 1.44 bits per heavy atom. The average Bonchev–Trinajstić information content (AvgIpc) is 2.16. The van der Waals surface area contributed by atoms with Gasteiger partial charge in [0.25, 0.3) is 0 Å². The molecule has 0 aliphatic carbocycles. The minimum Gasteiger partial charge on any atom is -0.545 e. The maximum absolute atomic E-state index is 6.24. The monoisotopic (exact) mass is 287 g/mol. The fourth-order valence-corrected chi connectivity index (χ4v) is 3.85. The molecule has 3 nitrogen and oxygen atoms in total. The molecule has 0 saturated carbocycles. The van der Waals surface area contributed by atoms with E-state index in [1.165, 1.54) is 0 Å². The third-order valence-electron chi connectivity index (χ3n) is 2.64. The van der Waals surface area contributed by atoms with Gasteiger partial charge in [0.05, 0.1) is 6.54 Å². The van der Waals surface area contributed by atoms with Crippen molar-refractivity contribution in [1.29, 1.82) is 0 Å². The van der Waals surface area contributed by atoms with E-state index < -0.39 is 16.6 Å². The molecule has 18 heavy (non-hydrogen) atoms. The largest absolute Gasteiger partial charge is 0.545 e. The van der Waals surface area contributed by atoms with E-state index in [0.29, 0.717) is 0 Å². The Balaban J connectivity index is 2.88. The molecular formula is C13H29NO2Si2. The lowest BCUT2D eigenvalue weighted by Crippen LogP contribution is -2.38. The van der Waals surface area contributed by atoms with E-state index in [9.17, 15) is 0 Å². The lowest BCUT2D eigenvalue weighted by Gasteiger charge is -2.35. The smallest absolute Gasteiger partial charge is 0.242 e. The SMILES string of the molecule is CCN1CCC(O[Si](C)(C)C)=C(O[Si](C)(C)C)C1. The van der Waals surface area contributed by atoms with Crippen LogP contribution < -0.4 is 0 Å². The molecule has 0 unspecified atom stereocenters. The highest BCUT2D eigenvalue weighted by molar-refractivity contribution is 6.70. The summed E-state index contributed by atoms with van der Waals surface area (Å²) in [6.45, 7) is 18.7. The fourth-order valence-electron chi connectivity index (χ4n) is 1.98. The first kappa shape index (κ1) is 15.8. The molecule has 0 N–H and O–H groups in total. The molecule has 106 valence electrons. The Bertz CT molecular complexity index is 316. The minimum absolute atomic E-state index is 0.917. The van der Waals surface area contributed by atoms with Crippen molar-refractivity contribution in [2.75, 3.05) is 19.6 Å². The minimum atomic E-state index is -1.55. The van der Waals surface area contributed by atoms with E-state index >= 15 is 0 Å².